The molecule has 0 aliphatic heterocycles. The van der Waals surface area contributed by atoms with Gasteiger partial charge in [0.15, 0.2) is 6.10 Å². The zero-order valence-corrected chi connectivity index (χ0v) is 10.7. The van der Waals surface area contributed by atoms with E-state index < -0.39 is 18.0 Å². The molecule has 0 bridgehead atoms. The van der Waals surface area contributed by atoms with Crippen LogP contribution in [0.4, 0.5) is 0 Å². The Bertz CT molecular complexity index is 372. The number of carbonyl (C=O) groups excluding carboxylic acids is 2. The van der Waals surface area contributed by atoms with Gasteiger partial charge in [0.05, 0.1) is 12.7 Å². The van der Waals surface area contributed by atoms with Crippen molar-refractivity contribution in [3.63, 3.8) is 0 Å². The highest BCUT2D eigenvalue weighted by Gasteiger charge is 2.18. The second-order valence-electron chi connectivity index (χ2n) is 3.97. The zero-order chi connectivity index (χ0) is 14.1. The average Bonchev–Trinajstić information content (AvgIpc) is 2.94. The Morgan fingerprint density at radius 1 is 1.26 bits per heavy atom. The van der Waals surface area contributed by atoms with E-state index in [-0.39, 0.29) is 19.3 Å². The summed E-state index contributed by atoms with van der Waals surface area (Å²) in [6, 6.07) is 0. The van der Waals surface area contributed by atoms with Crippen molar-refractivity contribution in [2.24, 2.45) is 0 Å². The minimum atomic E-state index is -0.650. The van der Waals surface area contributed by atoms with E-state index in [0.717, 1.165) is 25.0 Å². The van der Waals surface area contributed by atoms with Gasteiger partial charge >= 0.3 is 11.9 Å². The summed E-state index contributed by atoms with van der Waals surface area (Å²) >= 11 is 0. The summed E-state index contributed by atoms with van der Waals surface area (Å²) in [4.78, 5) is 22.1. The van der Waals surface area contributed by atoms with Crippen molar-refractivity contribution in [3.8, 4) is 0 Å². The van der Waals surface area contributed by atoms with Crippen molar-refractivity contribution in [2.75, 3.05) is 13.2 Å². The van der Waals surface area contributed by atoms with Crippen molar-refractivity contribution in [1.29, 1.82) is 0 Å². The van der Waals surface area contributed by atoms with E-state index in [1.165, 1.54) is 0 Å². The molecule has 0 heterocycles. The van der Waals surface area contributed by atoms with Crippen LogP contribution in [0.1, 0.15) is 12.8 Å². The lowest BCUT2D eigenvalue weighted by Crippen LogP contribution is -2.30. The zero-order valence-electron chi connectivity index (χ0n) is 10.7. The highest BCUT2D eigenvalue weighted by Crippen LogP contribution is 2.13. The predicted octanol–water partition coefficient (Wildman–Crippen LogP) is 1.55. The van der Waals surface area contributed by atoms with Crippen LogP contribution >= 0.6 is 0 Å². The van der Waals surface area contributed by atoms with Crippen molar-refractivity contribution in [3.05, 3.63) is 37.5 Å². The van der Waals surface area contributed by atoms with Crippen LogP contribution in [0, 0.1) is 0 Å². The van der Waals surface area contributed by atoms with Crippen LogP contribution in [0.5, 0.6) is 0 Å². The van der Waals surface area contributed by atoms with E-state index in [1.807, 2.05) is 12.2 Å². The third kappa shape index (κ3) is 6.01. The molecule has 2 unspecified atom stereocenters. The van der Waals surface area contributed by atoms with Crippen LogP contribution in [0.15, 0.2) is 37.5 Å². The second kappa shape index (κ2) is 8.26. The quantitative estimate of drug-likeness (QED) is 0.379. The number of allylic oxidation sites excluding steroid dienone is 1. The van der Waals surface area contributed by atoms with Crippen LogP contribution in [0.2, 0.25) is 0 Å². The fourth-order valence-corrected chi connectivity index (χ4v) is 1.54. The normalized spacial score (nSPS) is 18.6. The molecule has 19 heavy (non-hydrogen) atoms. The standard InChI is InChI=1S/C14H18O5/c1-3-13(15)18-10-12(19-14(16)4-2)9-17-11-7-5-6-8-11/h3-5,7,11-12H,1-2,6,8-10H2. The molecular formula is C14H18O5. The highest BCUT2D eigenvalue weighted by molar-refractivity contribution is 5.82. The van der Waals surface area contributed by atoms with Crippen LogP contribution in [-0.4, -0.2) is 37.4 Å². The Balaban J connectivity index is 2.40. The Hall–Kier alpha value is -1.88. The van der Waals surface area contributed by atoms with Crippen LogP contribution in [0.25, 0.3) is 0 Å². The average molecular weight is 266 g/mol. The lowest BCUT2D eigenvalue weighted by Gasteiger charge is -2.18. The molecule has 0 aromatic rings. The van der Waals surface area contributed by atoms with Crippen molar-refractivity contribution in [1.82, 2.24) is 0 Å². The first-order chi connectivity index (χ1) is 9.15. The van der Waals surface area contributed by atoms with Gasteiger partial charge in [-0.1, -0.05) is 25.3 Å². The minimum Gasteiger partial charge on any atom is -0.458 e. The van der Waals surface area contributed by atoms with Gasteiger partial charge in [0.1, 0.15) is 6.61 Å². The molecular weight excluding hydrogens is 248 g/mol. The van der Waals surface area contributed by atoms with Gasteiger partial charge in [-0.2, -0.15) is 0 Å². The lowest BCUT2D eigenvalue weighted by atomic mass is 10.3. The summed E-state index contributed by atoms with van der Waals surface area (Å²) in [5.74, 6) is -1.15. The van der Waals surface area contributed by atoms with Gasteiger partial charge in [-0.3, -0.25) is 0 Å². The second-order valence-corrected chi connectivity index (χ2v) is 3.97. The van der Waals surface area contributed by atoms with Crippen molar-refractivity contribution >= 4 is 11.9 Å². The molecule has 5 heteroatoms. The maximum absolute atomic E-state index is 11.2. The first-order valence-corrected chi connectivity index (χ1v) is 6.06. The molecule has 0 radical (unpaired) electrons. The van der Waals surface area contributed by atoms with Crippen molar-refractivity contribution < 1.29 is 23.8 Å². The molecule has 0 amide bonds. The van der Waals surface area contributed by atoms with Gasteiger partial charge in [-0.15, -0.1) is 0 Å². The molecule has 0 N–H and O–H groups in total. The predicted molar refractivity (Wildman–Crippen MR) is 69.3 cm³/mol. The van der Waals surface area contributed by atoms with Gasteiger partial charge in [-0.05, 0) is 12.8 Å². The summed E-state index contributed by atoms with van der Waals surface area (Å²) in [6.07, 6.45) is 7.37. The molecule has 0 saturated heterocycles. The maximum atomic E-state index is 11.2. The molecule has 0 aromatic carbocycles. The van der Waals surface area contributed by atoms with Crippen LogP contribution < -0.4 is 0 Å². The van der Waals surface area contributed by atoms with Gasteiger partial charge in [-0.25, -0.2) is 9.59 Å². The summed E-state index contributed by atoms with van der Waals surface area (Å²) in [7, 11) is 0. The summed E-state index contributed by atoms with van der Waals surface area (Å²) in [5, 5.41) is 0. The van der Waals surface area contributed by atoms with E-state index in [4.69, 9.17) is 14.2 Å². The SMILES string of the molecule is C=CC(=O)OCC(COC1C=CCC1)OC(=O)C=C. The monoisotopic (exact) mass is 266 g/mol. The summed E-state index contributed by atoms with van der Waals surface area (Å²) in [5.41, 5.74) is 0. The Morgan fingerprint density at radius 2 is 2.00 bits per heavy atom. The summed E-state index contributed by atoms with van der Waals surface area (Å²) in [6.45, 7) is 6.70. The smallest absolute Gasteiger partial charge is 0.330 e. The Kier molecular flexibility index (Phi) is 6.60. The third-order valence-electron chi connectivity index (χ3n) is 2.49. The molecule has 1 rings (SSSR count). The minimum absolute atomic E-state index is 0.0278. The topological polar surface area (TPSA) is 61.8 Å². The van der Waals surface area contributed by atoms with Gasteiger partial charge < -0.3 is 14.2 Å². The van der Waals surface area contributed by atoms with Crippen LogP contribution in [0.3, 0.4) is 0 Å². The first-order valence-electron chi connectivity index (χ1n) is 6.06. The van der Waals surface area contributed by atoms with Gasteiger partial charge in [0, 0.05) is 12.2 Å². The third-order valence-corrected chi connectivity index (χ3v) is 2.49. The lowest BCUT2D eigenvalue weighted by molar-refractivity contribution is -0.157. The van der Waals surface area contributed by atoms with E-state index in [9.17, 15) is 9.59 Å². The molecule has 0 aromatic heterocycles. The molecule has 0 spiro atoms. The molecule has 1 aliphatic rings. The fraction of sp³-hybridized carbons (Fsp3) is 0.429. The molecule has 1 aliphatic carbocycles. The Morgan fingerprint density at radius 3 is 2.58 bits per heavy atom. The van der Waals surface area contributed by atoms with Crippen molar-refractivity contribution in [2.45, 2.75) is 25.0 Å². The molecule has 0 saturated carbocycles. The maximum Gasteiger partial charge on any atom is 0.330 e. The van der Waals surface area contributed by atoms with E-state index >= 15 is 0 Å². The largest absolute Gasteiger partial charge is 0.458 e. The van der Waals surface area contributed by atoms with Gasteiger partial charge in [0.25, 0.3) is 0 Å². The molecule has 2 atom stereocenters. The number of esters is 2. The highest BCUT2D eigenvalue weighted by atomic mass is 16.6. The van der Waals surface area contributed by atoms with Crippen LogP contribution in [-0.2, 0) is 23.8 Å². The molecule has 5 nitrogen and oxygen atoms in total. The molecule has 0 fully saturated rings. The van der Waals surface area contributed by atoms with E-state index in [1.54, 1.807) is 0 Å². The molecule has 104 valence electrons. The first kappa shape index (κ1) is 15.2. The number of ether oxygens (including phenoxy) is 3. The van der Waals surface area contributed by atoms with E-state index in [2.05, 4.69) is 13.2 Å². The summed E-state index contributed by atoms with van der Waals surface area (Å²) < 4.78 is 15.4. The number of carbonyl (C=O) groups is 2. The van der Waals surface area contributed by atoms with Gasteiger partial charge in [0.2, 0.25) is 0 Å². The number of rotatable bonds is 8. The Labute approximate surface area is 112 Å². The fourth-order valence-electron chi connectivity index (χ4n) is 1.54. The number of hydrogen-bond acceptors (Lipinski definition) is 5. The number of hydrogen-bond donors (Lipinski definition) is 0. The van der Waals surface area contributed by atoms with E-state index in [0.29, 0.717) is 0 Å².